The molecule has 3 saturated heterocycles. The maximum absolute atomic E-state index is 14.8. The summed E-state index contributed by atoms with van der Waals surface area (Å²) in [7, 11) is 1.50. The Morgan fingerprint density at radius 1 is 1.13 bits per heavy atom. The van der Waals surface area contributed by atoms with Crippen molar-refractivity contribution in [3.8, 4) is 0 Å². The lowest BCUT2D eigenvalue weighted by atomic mass is 9.70. The molecule has 3 fully saturated rings. The molecule has 14 heteroatoms. The van der Waals surface area contributed by atoms with Crippen molar-refractivity contribution in [3.05, 3.63) is 85.5 Å². The number of fused-ring (bicyclic) bond motifs is 2. The number of aliphatic hydroxyl groups is 1. The highest BCUT2D eigenvalue weighted by atomic mass is 16.6. The van der Waals surface area contributed by atoms with E-state index in [0.717, 1.165) is 5.52 Å². The Labute approximate surface area is 308 Å². The number of ether oxygens (including phenoxy) is 3. The molecule has 4 heterocycles. The molecule has 3 aromatic rings. The molecule has 0 radical (unpaired) electrons. The highest BCUT2D eigenvalue weighted by Gasteiger charge is 2.75. The van der Waals surface area contributed by atoms with Gasteiger partial charge in [0.25, 0.3) is 0 Å². The minimum Gasteiger partial charge on any atom is -0.455 e. The van der Waals surface area contributed by atoms with Crippen LogP contribution in [0.5, 0.6) is 0 Å². The van der Waals surface area contributed by atoms with Crippen molar-refractivity contribution in [2.45, 2.75) is 75.1 Å². The smallest absolute Gasteiger partial charge is 0.313 e. The third-order valence-electron chi connectivity index (χ3n) is 10.5. The molecule has 6 rings (SSSR count). The van der Waals surface area contributed by atoms with Gasteiger partial charge < -0.3 is 34.4 Å². The first kappa shape index (κ1) is 37.8. The number of amides is 3. The van der Waals surface area contributed by atoms with Crippen molar-refractivity contribution in [3.63, 3.8) is 0 Å². The first-order valence-electron chi connectivity index (χ1n) is 18.2. The number of methoxy groups -OCH3 is 1. The van der Waals surface area contributed by atoms with Crippen molar-refractivity contribution < 1.29 is 38.5 Å². The molecular weight excluding hydrogens is 680 g/mol. The largest absolute Gasteiger partial charge is 0.455 e. The number of esters is 1. The van der Waals surface area contributed by atoms with Gasteiger partial charge in [-0.15, -0.1) is 18.3 Å². The third-order valence-corrected chi connectivity index (χ3v) is 10.5. The number of hydrogen-bond donors (Lipinski definition) is 2. The second-order valence-corrected chi connectivity index (χ2v) is 13.8. The Kier molecular flexibility index (Phi) is 12.0. The van der Waals surface area contributed by atoms with Crippen LogP contribution in [0.25, 0.3) is 11.0 Å². The maximum atomic E-state index is 14.8. The van der Waals surface area contributed by atoms with Crippen LogP contribution in [0.3, 0.4) is 0 Å². The summed E-state index contributed by atoms with van der Waals surface area (Å²) in [5.74, 6) is -3.59. The predicted octanol–water partition coefficient (Wildman–Crippen LogP) is 2.93. The number of unbranched alkanes of at least 4 members (excludes halogenated alkanes) is 1. The highest BCUT2D eigenvalue weighted by Crippen LogP contribution is 2.59. The Morgan fingerprint density at radius 3 is 2.64 bits per heavy atom. The molecular formula is C39H48N6O8. The van der Waals surface area contributed by atoms with Crippen molar-refractivity contribution in [2.24, 2.45) is 11.8 Å². The third kappa shape index (κ3) is 7.48. The fraction of sp³-hybridized carbons (Fsp3) is 0.487. The number of allylic oxidation sites excluding steroid dienone is 1. The summed E-state index contributed by atoms with van der Waals surface area (Å²) in [6.45, 7) is 7.95. The van der Waals surface area contributed by atoms with Gasteiger partial charge in [-0.2, -0.15) is 0 Å². The fourth-order valence-corrected chi connectivity index (χ4v) is 8.19. The Balaban J connectivity index is 1.31. The molecule has 53 heavy (non-hydrogen) atoms. The second kappa shape index (κ2) is 16.8. The van der Waals surface area contributed by atoms with Crippen LogP contribution >= 0.6 is 0 Å². The number of benzene rings is 2. The zero-order valence-corrected chi connectivity index (χ0v) is 30.0. The Bertz CT molecular complexity index is 1800. The van der Waals surface area contributed by atoms with Crippen LogP contribution in [0.1, 0.15) is 50.2 Å². The SMILES string of the molecule is C=CCCC(=O)N[C@H](COC)[C@H](OC(=O)[C@@H]1[C@H]2C(=O)N(CCCCO)[C@H](C(=O)N(CC=C)Cn3nnc4ccccc43)[C@]23CC[C@H]1O3)c1ccccc1. The number of aliphatic hydroxyl groups excluding tert-OH is 1. The lowest BCUT2D eigenvalue weighted by Crippen LogP contribution is -2.56. The number of carbonyl (C=O) groups excluding carboxylic acids is 4. The molecule has 7 atom stereocenters. The minimum atomic E-state index is -1.28. The molecule has 0 saturated carbocycles. The summed E-state index contributed by atoms with van der Waals surface area (Å²) < 4.78 is 20.1. The summed E-state index contributed by atoms with van der Waals surface area (Å²) >= 11 is 0. The normalized spacial score (nSPS) is 24.1. The van der Waals surface area contributed by atoms with Crippen LogP contribution in [0.15, 0.2) is 79.9 Å². The van der Waals surface area contributed by atoms with Crippen molar-refractivity contribution >= 4 is 34.7 Å². The number of nitrogens with zero attached hydrogens (tertiary/aromatic N) is 5. The quantitative estimate of drug-likeness (QED) is 0.107. The molecule has 0 unspecified atom stereocenters. The predicted molar refractivity (Wildman–Crippen MR) is 194 cm³/mol. The molecule has 3 aliphatic rings. The summed E-state index contributed by atoms with van der Waals surface area (Å²) in [4.78, 5) is 59.9. The Morgan fingerprint density at radius 2 is 1.91 bits per heavy atom. The van der Waals surface area contributed by atoms with Crippen molar-refractivity contribution in [1.29, 1.82) is 0 Å². The van der Waals surface area contributed by atoms with Crippen LogP contribution in [0.4, 0.5) is 0 Å². The van der Waals surface area contributed by atoms with E-state index >= 15 is 0 Å². The van der Waals surface area contributed by atoms with Gasteiger partial charge in [0, 0.05) is 33.2 Å². The van der Waals surface area contributed by atoms with Gasteiger partial charge in [-0.05, 0) is 49.8 Å². The van der Waals surface area contributed by atoms with E-state index in [4.69, 9.17) is 14.2 Å². The zero-order valence-electron chi connectivity index (χ0n) is 30.0. The highest BCUT2D eigenvalue weighted by molar-refractivity contribution is 5.98. The monoisotopic (exact) mass is 728 g/mol. The topological polar surface area (TPSA) is 165 Å². The lowest BCUT2D eigenvalue weighted by molar-refractivity contribution is -0.163. The molecule has 1 aromatic heterocycles. The van der Waals surface area contributed by atoms with Crippen molar-refractivity contribution in [1.82, 2.24) is 30.1 Å². The summed E-state index contributed by atoms with van der Waals surface area (Å²) in [6, 6.07) is 14.7. The first-order valence-corrected chi connectivity index (χ1v) is 18.2. The van der Waals surface area contributed by atoms with Gasteiger partial charge >= 0.3 is 5.97 Å². The average molecular weight is 729 g/mol. The average Bonchev–Trinajstić information content (AvgIpc) is 3.92. The number of carbonyl (C=O) groups is 4. The van der Waals surface area contributed by atoms with Gasteiger partial charge in [0.15, 0.2) is 0 Å². The summed E-state index contributed by atoms with van der Waals surface area (Å²) in [5, 5.41) is 21.0. The molecule has 1 spiro atoms. The van der Waals surface area contributed by atoms with Gasteiger partial charge in [0.2, 0.25) is 17.7 Å². The number of para-hydroxylation sites is 1. The van der Waals surface area contributed by atoms with E-state index in [1.165, 1.54) is 12.0 Å². The van der Waals surface area contributed by atoms with Crippen LogP contribution in [-0.2, 0) is 40.1 Å². The molecule has 2 aromatic carbocycles. The van der Waals surface area contributed by atoms with Gasteiger partial charge in [0.05, 0.1) is 36.1 Å². The van der Waals surface area contributed by atoms with E-state index in [0.29, 0.717) is 43.2 Å². The maximum Gasteiger partial charge on any atom is 0.313 e. The van der Waals surface area contributed by atoms with Crippen LogP contribution in [0, 0.1) is 11.8 Å². The van der Waals surface area contributed by atoms with Gasteiger partial charge in [-0.25, -0.2) is 4.68 Å². The van der Waals surface area contributed by atoms with E-state index in [-0.39, 0.29) is 57.1 Å². The van der Waals surface area contributed by atoms with E-state index in [2.05, 4.69) is 28.8 Å². The second-order valence-electron chi connectivity index (χ2n) is 13.8. The van der Waals surface area contributed by atoms with Crippen LogP contribution in [0.2, 0.25) is 0 Å². The van der Waals surface area contributed by atoms with E-state index in [1.54, 1.807) is 33.9 Å². The summed E-state index contributed by atoms with van der Waals surface area (Å²) in [5.41, 5.74) is 0.780. The molecule has 2 N–H and O–H groups in total. The van der Waals surface area contributed by atoms with Crippen LogP contribution in [-0.4, -0.2) is 111 Å². The van der Waals surface area contributed by atoms with Crippen LogP contribution < -0.4 is 5.32 Å². The molecule has 3 amide bonds. The molecule has 282 valence electrons. The van der Waals surface area contributed by atoms with Gasteiger partial charge in [0.1, 0.15) is 29.9 Å². The standard InChI is InChI=1S/C39H48N6O8/c1-4-6-18-31(47)40-28(24-51-3)34(26-14-8-7-9-15-26)52-38(50)32-30-19-20-39(53-30)33(32)36(48)44(22-12-13-23-46)35(39)37(49)43(21-5-2)25-45-29-17-11-10-16-27(29)41-42-45/h4-5,7-11,14-17,28,30,32-35,46H,1-2,6,12-13,18-25H2,3H3,(H,40,47)/t28-,30-,32+,33+,34-,35-,39+/m1/s1. The van der Waals surface area contributed by atoms with E-state index < -0.39 is 47.7 Å². The first-order chi connectivity index (χ1) is 25.8. The van der Waals surface area contributed by atoms with Gasteiger partial charge in [-0.3, -0.25) is 19.2 Å². The van der Waals surface area contributed by atoms with Gasteiger partial charge in [-0.1, -0.05) is 59.8 Å². The number of hydrogen-bond acceptors (Lipinski definition) is 10. The zero-order chi connectivity index (χ0) is 37.5. The Hall–Kier alpha value is -4.92. The number of aromatic nitrogens is 3. The fourth-order valence-electron chi connectivity index (χ4n) is 8.19. The van der Waals surface area contributed by atoms with E-state index in [1.807, 2.05) is 42.5 Å². The number of likely N-dealkylation sites (tertiary alicyclic amines) is 1. The van der Waals surface area contributed by atoms with Crippen molar-refractivity contribution in [2.75, 3.05) is 33.4 Å². The molecule has 0 aliphatic carbocycles. The molecule has 3 aliphatic heterocycles. The minimum absolute atomic E-state index is 0.0499. The molecule has 2 bridgehead atoms. The number of rotatable bonds is 19. The van der Waals surface area contributed by atoms with E-state index in [9.17, 15) is 24.3 Å². The summed E-state index contributed by atoms with van der Waals surface area (Å²) in [6.07, 6.45) is 4.07. The molecule has 14 nitrogen and oxygen atoms in total. The number of nitrogens with one attached hydrogen (secondary N) is 1. The lowest BCUT2D eigenvalue weighted by Gasteiger charge is -2.36.